The van der Waals surface area contributed by atoms with E-state index in [0.29, 0.717) is 16.7 Å². The van der Waals surface area contributed by atoms with Crippen molar-refractivity contribution in [2.75, 3.05) is 19.8 Å². The molecular formula is C14H20ClNO3. The molecule has 0 aliphatic heterocycles. The Morgan fingerprint density at radius 1 is 1.47 bits per heavy atom. The fourth-order valence-electron chi connectivity index (χ4n) is 1.66. The van der Waals surface area contributed by atoms with E-state index in [-0.39, 0.29) is 25.7 Å². The van der Waals surface area contributed by atoms with Gasteiger partial charge in [-0.2, -0.15) is 0 Å². The molecule has 0 bridgehead atoms. The standard InChI is InChI=1S/C14H20ClNO3/c1-9(2)11-7-13(10(3)6-12(11)15)19-8-14(18)16-4-5-17/h6-7,9,17H,4-5,8H2,1-3H3,(H,16,18). The number of aliphatic hydroxyl groups excluding tert-OH is 1. The second-order valence-corrected chi connectivity index (χ2v) is 5.06. The summed E-state index contributed by atoms with van der Waals surface area (Å²) in [4.78, 5) is 11.4. The first-order valence-corrected chi connectivity index (χ1v) is 6.64. The Labute approximate surface area is 118 Å². The Bertz CT molecular complexity index is 447. The highest BCUT2D eigenvalue weighted by Gasteiger charge is 2.11. The molecule has 2 N–H and O–H groups in total. The van der Waals surface area contributed by atoms with Crippen molar-refractivity contribution in [1.29, 1.82) is 0 Å². The number of carbonyl (C=O) groups excluding carboxylic acids is 1. The van der Waals surface area contributed by atoms with Crippen LogP contribution >= 0.6 is 11.6 Å². The Morgan fingerprint density at radius 3 is 2.74 bits per heavy atom. The molecule has 0 heterocycles. The molecule has 0 saturated carbocycles. The summed E-state index contributed by atoms with van der Waals surface area (Å²) in [5, 5.41) is 11.8. The van der Waals surface area contributed by atoms with Crippen LogP contribution < -0.4 is 10.1 Å². The highest BCUT2D eigenvalue weighted by Crippen LogP contribution is 2.31. The third kappa shape index (κ3) is 4.73. The molecule has 1 aromatic rings. The monoisotopic (exact) mass is 285 g/mol. The smallest absolute Gasteiger partial charge is 0.258 e. The van der Waals surface area contributed by atoms with Gasteiger partial charge in [0.05, 0.1) is 6.61 Å². The SMILES string of the molecule is Cc1cc(Cl)c(C(C)C)cc1OCC(=O)NCCO. The second kappa shape index (κ2) is 7.36. The van der Waals surface area contributed by atoms with Crippen LogP contribution in [0.2, 0.25) is 5.02 Å². The van der Waals surface area contributed by atoms with E-state index >= 15 is 0 Å². The van der Waals surface area contributed by atoms with Crippen molar-refractivity contribution >= 4 is 17.5 Å². The number of carbonyl (C=O) groups is 1. The lowest BCUT2D eigenvalue weighted by molar-refractivity contribution is -0.123. The van der Waals surface area contributed by atoms with Crippen LogP contribution in [-0.4, -0.2) is 30.8 Å². The van der Waals surface area contributed by atoms with E-state index in [0.717, 1.165) is 11.1 Å². The van der Waals surface area contributed by atoms with Gasteiger partial charge < -0.3 is 15.2 Å². The number of rotatable bonds is 6. The van der Waals surface area contributed by atoms with Crippen molar-refractivity contribution in [2.24, 2.45) is 0 Å². The Morgan fingerprint density at radius 2 is 2.16 bits per heavy atom. The van der Waals surface area contributed by atoms with Gasteiger partial charge in [-0.3, -0.25) is 4.79 Å². The maximum absolute atomic E-state index is 11.4. The molecule has 4 nitrogen and oxygen atoms in total. The van der Waals surface area contributed by atoms with Gasteiger partial charge in [-0.1, -0.05) is 25.4 Å². The van der Waals surface area contributed by atoms with Gasteiger partial charge in [-0.15, -0.1) is 0 Å². The van der Waals surface area contributed by atoms with Gasteiger partial charge in [0.1, 0.15) is 5.75 Å². The van der Waals surface area contributed by atoms with E-state index in [9.17, 15) is 4.79 Å². The Kier molecular flexibility index (Phi) is 6.12. The average Bonchev–Trinajstić information content (AvgIpc) is 2.34. The number of amides is 1. The van der Waals surface area contributed by atoms with Crippen LogP contribution in [-0.2, 0) is 4.79 Å². The molecular weight excluding hydrogens is 266 g/mol. The number of halogens is 1. The number of hydrogen-bond donors (Lipinski definition) is 2. The summed E-state index contributed by atoms with van der Waals surface area (Å²) >= 11 is 6.17. The van der Waals surface area contributed by atoms with E-state index in [1.54, 1.807) is 0 Å². The second-order valence-electron chi connectivity index (χ2n) is 4.66. The first kappa shape index (κ1) is 15.8. The lowest BCUT2D eigenvalue weighted by Crippen LogP contribution is -2.31. The molecule has 0 aromatic heterocycles. The van der Waals surface area contributed by atoms with E-state index in [1.807, 2.05) is 32.9 Å². The Balaban J connectivity index is 2.73. The number of ether oxygens (including phenoxy) is 1. The van der Waals surface area contributed by atoms with Crippen molar-refractivity contribution in [2.45, 2.75) is 26.7 Å². The largest absolute Gasteiger partial charge is 0.483 e. The molecule has 5 heteroatoms. The summed E-state index contributed by atoms with van der Waals surface area (Å²) < 4.78 is 5.49. The molecule has 0 spiro atoms. The molecule has 106 valence electrons. The van der Waals surface area contributed by atoms with Crippen LogP contribution in [0.15, 0.2) is 12.1 Å². The number of aliphatic hydroxyl groups is 1. The fourth-order valence-corrected chi connectivity index (χ4v) is 2.09. The number of hydrogen-bond acceptors (Lipinski definition) is 3. The van der Waals surface area contributed by atoms with Crippen molar-refractivity contribution in [3.63, 3.8) is 0 Å². The maximum Gasteiger partial charge on any atom is 0.258 e. The summed E-state index contributed by atoms with van der Waals surface area (Å²) in [5.41, 5.74) is 1.89. The minimum Gasteiger partial charge on any atom is -0.483 e. The predicted molar refractivity (Wildman–Crippen MR) is 75.9 cm³/mol. The van der Waals surface area contributed by atoms with Gasteiger partial charge in [-0.05, 0) is 36.1 Å². The first-order valence-electron chi connectivity index (χ1n) is 6.26. The molecule has 0 unspecified atom stereocenters. The molecule has 0 atom stereocenters. The highest BCUT2D eigenvalue weighted by molar-refractivity contribution is 6.31. The minimum absolute atomic E-state index is 0.0694. The van der Waals surface area contributed by atoms with E-state index < -0.39 is 0 Å². The van der Waals surface area contributed by atoms with E-state index in [2.05, 4.69) is 5.32 Å². The van der Waals surface area contributed by atoms with Crippen molar-refractivity contribution in [1.82, 2.24) is 5.32 Å². The predicted octanol–water partition coefficient (Wildman–Crippen LogP) is 2.26. The molecule has 0 aliphatic rings. The van der Waals surface area contributed by atoms with Crippen LogP contribution in [0.3, 0.4) is 0 Å². The summed E-state index contributed by atoms with van der Waals surface area (Å²) in [5.74, 6) is 0.695. The zero-order valence-electron chi connectivity index (χ0n) is 11.5. The molecule has 1 rings (SSSR count). The zero-order valence-corrected chi connectivity index (χ0v) is 12.3. The number of benzene rings is 1. The molecule has 0 fully saturated rings. The van der Waals surface area contributed by atoms with Gasteiger partial charge in [-0.25, -0.2) is 0 Å². The Hall–Kier alpha value is -1.26. The number of nitrogens with one attached hydrogen (secondary N) is 1. The number of aryl methyl sites for hydroxylation is 1. The quantitative estimate of drug-likeness (QED) is 0.843. The fraction of sp³-hybridized carbons (Fsp3) is 0.500. The highest BCUT2D eigenvalue weighted by atomic mass is 35.5. The van der Waals surface area contributed by atoms with Gasteiger partial charge in [0.2, 0.25) is 0 Å². The van der Waals surface area contributed by atoms with Crippen LogP contribution in [0.25, 0.3) is 0 Å². The summed E-state index contributed by atoms with van der Waals surface area (Å²) in [6.07, 6.45) is 0. The van der Waals surface area contributed by atoms with Crippen LogP contribution in [0, 0.1) is 6.92 Å². The van der Waals surface area contributed by atoms with E-state index in [4.69, 9.17) is 21.4 Å². The lowest BCUT2D eigenvalue weighted by atomic mass is 10.0. The molecule has 0 radical (unpaired) electrons. The van der Waals surface area contributed by atoms with Crippen LogP contribution in [0.1, 0.15) is 30.9 Å². The molecule has 19 heavy (non-hydrogen) atoms. The normalized spacial score (nSPS) is 10.6. The van der Waals surface area contributed by atoms with Gasteiger partial charge in [0.15, 0.2) is 6.61 Å². The maximum atomic E-state index is 11.4. The summed E-state index contributed by atoms with van der Waals surface area (Å²) in [6, 6.07) is 3.72. The lowest BCUT2D eigenvalue weighted by Gasteiger charge is -2.14. The van der Waals surface area contributed by atoms with Gasteiger partial charge in [0, 0.05) is 11.6 Å². The molecule has 0 saturated heterocycles. The topological polar surface area (TPSA) is 58.6 Å². The van der Waals surface area contributed by atoms with Crippen molar-refractivity contribution in [3.8, 4) is 5.75 Å². The van der Waals surface area contributed by atoms with Crippen molar-refractivity contribution in [3.05, 3.63) is 28.3 Å². The summed E-state index contributed by atoms with van der Waals surface area (Å²) in [6.45, 7) is 6.07. The average molecular weight is 286 g/mol. The summed E-state index contributed by atoms with van der Waals surface area (Å²) in [7, 11) is 0. The van der Waals surface area contributed by atoms with Gasteiger partial charge in [0.25, 0.3) is 5.91 Å². The minimum atomic E-state index is -0.255. The first-order chi connectivity index (χ1) is 8.95. The zero-order chi connectivity index (χ0) is 14.4. The molecule has 1 amide bonds. The van der Waals surface area contributed by atoms with Crippen LogP contribution in [0.4, 0.5) is 0 Å². The van der Waals surface area contributed by atoms with Crippen LogP contribution in [0.5, 0.6) is 5.75 Å². The van der Waals surface area contributed by atoms with E-state index in [1.165, 1.54) is 0 Å². The molecule has 0 aliphatic carbocycles. The van der Waals surface area contributed by atoms with Crippen molar-refractivity contribution < 1.29 is 14.6 Å². The third-order valence-electron chi connectivity index (χ3n) is 2.71. The molecule has 1 aromatic carbocycles. The van der Waals surface area contributed by atoms with Gasteiger partial charge >= 0.3 is 0 Å². The third-order valence-corrected chi connectivity index (χ3v) is 3.04.